The van der Waals surface area contributed by atoms with Crippen LogP contribution in [0.5, 0.6) is 0 Å². The van der Waals surface area contributed by atoms with Gasteiger partial charge in [0.2, 0.25) is 0 Å². The van der Waals surface area contributed by atoms with E-state index in [0.717, 1.165) is 12.8 Å². The van der Waals surface area contributed by atoms with Gasteiger partial charge in [0, 0.05) is 13.1 Å². The predicted molar refractivity (Wildman–Crippen MR) is 59.4 cm³/mol. The molecular formula is C11H18N2O4. The van der Waals surface area contributed by atoms with Crippen LogP contribution in [0.4, 0.5) is 4.79 Å². The van der Waals surface area contributed by atoms with Crippen molar-refractivity contribution in [3.8, 4) is 0 Å². The number of nitrogens with zero attached hydrogens (tertiary/aromatic N) is 1. The Labute approximate surface area is 99.6 Å². The summed E-state index contributed by atoms with van der Waals surface area (Å²) in [5.41, 5.74) is 0. The minimum atomic E-state index is -1.21. The van der Waals surface area contributed by atoms with Crippen molar-refractivity contribution in [3.05, 3.63) is 0 Å². The number of carbonyl (C=O) groups excluding carboxylic acids is 1. The van der Waals surface area contributed by atoms with E-state index < -0.39 is 18.6 Å². The van der Waals surface area contributed by atoms with Gasteiger partial charge in [-0.1, -0.05) is 6.42 Å². The maximum Gasteiger partial charge on any atom is 0.328 e. The zero-order chi connectivity index (χ0) is 12.4. The number of carboxylic acid groups (broad SMARTS) is 1. The van der Waals surface area contributed by atoms with Gasteiger partial charge in [-0.05, 0) is 24.7 Å². The van der Waals surface area contributed by atoms with Gasteiger partial charge in [-0.25, -0.2) is 9.59 Å². The number of aliphatic carboxylic acids is 1. The van der Waals surface area contributed by atoms with Crippen molar-refractivity contribution in [1.29, 1.82) is 0 Å². The van der Waals surface area contributed by atoms with Gasteiger partial charge in [0.15, 0.2) is 6.04 Å². The maximum atomic E-state index is 11.8. The SMILES string of the molecule is O=C(O)C(CO)NC(=O)N1CC2CCCC2C1. The Bertz CT molecular complexity index is 309. The van der Waals surface area contributed by atoms with Crippen molar-refractivity contribution in [2.75, 3.05) is 19.7 Å². The van der Waals surface area contributed by atoms with Crippen LogP contribution in [0.1, 0.15) is 19.3 Å². The van der Waals surface area contributed by atoms with E-state index in [1.807, 2.05) is 0 Å². The second-order valence-electron chi connectivity index (χ2n) is 4.88. The Morgan fingerprint density at radius 1 is 1.29 bits per heavy atom. The molecule has 2 rings (SSSR count). The molecule has 2 fully saturated rings. The Morgan fingerprint density at radius 2 is 1.88 bits per heavy atom. The molecule has 1 heterocycles. The van der Waals surface area contributed by atoms with E-state index in [4.69, 9.17) is 10.2 Å². The summed E-state index contributed by atoms with van der Waals surface area (Å²) >= 11 is 0. The van der Waals surface area contributed by atoms with Gasteiger partial charge >= 0.3 is 12.0 Å². The quantitative estimate of drug-likeness (QED) is 0.643. The number of carbonyl (C=O) groups is 2. The van der Waals surface area contributed by atoms with E-state index in [1.54, 1.807) is 4.90 Å². The summed E-state index contributed by atoms with van der Waals surface area (Å²) in [5, 5.41) is 19.9. The smallest absolute Gasteiger partial charge is 0.328 e. The third-order valence-corrected chi connectivity index (χ3v) is 3.79. The Morgan fingerprint density at radius 3 is 2.35 bits per heavy atom. The highest BCUT2D eigenvalue weighted by Gasteiger charge is 2.38. The first kappa shape index (κ1) is 12.2. The third-order valence-electron chi connectivity index (χ3n) is 3.79. The fourth-order valence-corrected chi connectivity index (χ4v) is 2.83. The number of likely N-dealkylation sites (tertiary alicyclic amines) is 1. The molecule has 0 radical (unpaired) electrons. The lowest BCUT2D eigenvalue weighted by atomic mass is 10.0. The molecule has 0 aromatic heterocycles. The average Bonchev–Trinajstić information content (AvgIpc) is 2.84. The Kier molecular flexibility index (Phi) is 3.51. The van der Waals surface area contributed by atoms with Gasteiger partial charge in [0.25, 0.3) is 0 Å². The van der Waals surface area contributed by atoms with Crippen LogP contribution in [0.15, 0.2) is 0 Å². The molecule has 3 unspecified atom stereocenters. The van der Waals surface area contributed by atoms with E-state index in [0.29, 0.717) is 24.9 Å². The first-order chi connectivity index (χ1) is 8.11. The minimum absolute atomic E-state index is 0.374. The number of fused-ring (bicyclic) bond motifs is 1. The second kappa shape index (κ2) is 4.91. The number of rotatable bonds is 3. The highest BCUT2D eigenvalue weighted by atomic mass is 16.4. The Balaban J connectivity index is 1.86. The van der Waals surface area contributed by atoms with E-state index in [1.165, 1.54) is 6.42 Å². The number of aliphatic hydroxyl groups excluding tert-OH is 1. The van der Waals surface area contributed by atoms with Crippen molar-refractivity contribution in [2.24, 2.45) is 11.8 Å². The maximum absolute atomic E-state index is 11.8. The number of urea groups is 1. The van der Waals surface area contributed by atoms with Crippen LogP contribution in [0.2, 0.25) is 0 Å². The molecule has 17 heavy (non-hydrogen) atoms. The van der Waals surface area contributed by atoms with E-state index in [-0.39, 0.29) is 6.03 Å². The predicted octanol–water partition coefficient (Wildman–Crippen LogP) is -0.127. The number of carboxylic acids is 1. The fourth-order valence-electron chi connectivity index (χ4n) is 2.83. The van der Waals surface area contributed by atoms with Crippen LogP contribution in [0.25, 0.3) is 0 Å². The fraction of sp³-hybridized carbons (Fsp3) is 0.818. The molecule has 6 nitrogen and oxygen atoms in total. The monoisotopic (exact) mass is 242 g/mol. The van der Waals surface area contributed by atoms with Crippen LogP contribution in [0, 0.1) is 11.8 Å². The van der Waals surface area contributed by atoms with Crippen LogP contribution in [-0.2, 0) is 4.79 Å². The molecule has 3 N–H and O–H groups in total. The van der Waals surface area contributed by atoms with Crippen molar-refractivity contribution < 1.29 is 19.8 Å². The molecule has 2 amide bonds. The lowest BCUT2D eigenvalue weighted by molar-refractivity contribution is -0.140. The molecule has 0 spiro atoms. The summed E-state index contributed by atoms with van der Waals surface area (Å²) in [6.07, 6.45) is 3.56. The van der Waals surface area contributed by atoms with Crippen molar-refractivity contribution >= 4 is 12.0 Å². The normalized spacial score (nSPS) is 28.9. The summed E-state index contributed by atoms with van der Waals surface area (Å²) in [5.74, 6) is -0.0449. The van der Waals surface area contributed by atoms with E-state index >= 15 is 0 Å². The lowest BCUT2D eigenvalue weighted by Gasteiger charge is -2.20. The number of nitrogens with one attached hydrogen (secondary N) is 1. The van der Waals surface area contributed by atoms with Gasteiger partial charge in [-0.2, -0.15) is 0 Å². The topological polar surface area (TPSA) is 89.9 Å². The molecule has 3 atom stereocenters. The Hall–Kier alpha value is -1.30. The molecule has 0 aromatic carbocycles. The first-order valence-electron chi connectivity index (χ1n) is 6.01. The molecule has 6 heteroatoms. The minimum Gasteiger partial charge on any atom is -0.480 e. The number of hydrogen-bond acceptors (Lipinski definition) is 3. The van der Waals surface area contributed by atoms with E-state index in [9.17, 15) is 9.59 Å². The summed E-state index contributed by atoms with van der Waals surface area (Å²) in [7, 11) is 0. The number of amides is 2. The molecule has 1 saturated carbocycles. The molecule has 0 aromatic rings. The summed E-state index contributed by atoms with van der Waals surface area (Å²) in [6.45, 7) is 0.851. The summed E-state index contributed by atoms with van der Waals surface area (Å²) < 4.78 is 0. The number of aliphatic hydroxyl groups is 1. The molecular weight excluding hydrogens is 224 g/mol. The largest absolute Gasteiger partial charge is 0.480 e. The van der Waals surface area contributed by atoms with Crippen LogP contribution in [0.3, 0.4) is 0 Å². The molecule has 2 aliphatic rings. The first-order valence-corrected chi connectivity index (χ1v) is 6.01. The molecule has 1 saturated heterocycles. The zero-order valence-corrected chi connectivity index (χ0v) is 9.63. The van der Waals surface area contributed by atoms with Crippen LogP contribution < -0.4 is 5.32 Å². The standard InChI is InChI=1S/C11H18N2O4/c14-6-9(10(15)16)12-11(17)13-4-7-2-1-3-8(7)5-13/h7-9,14H,1-6H2,(H,12,17)(H,15,16). The van der Waals surface area contributed by atoms with Gasteiger partial charge in [-0.15, -0.1) is 0 Å². The zero-order valence-electron chi connectivity index (χ0n) is 9.63. The van der Waals surface area contributed by atoms with Gasteiger partial charge in [-0.3, -0.25) is 0 Å². The molecule has 1 aliphatic heterocycles. The average molecular weight is 242 g/mol. The number of hydrogen-bond donors (Lipinski definition) is 3. The van der Waals surface area contributed by atoms with Crippen molar-refractivity contribution in [2.45, 2.75) is 25.3 Å². The summed E-state index contributed by atoms with van der Waals surface area (Å²) in [6, 6.07) is -1.58. The van der Waals surface area contributed by atoms with E-state index in [2.05, 4.69) is 5.32 Å². The van der Waals surface area contributed by atoms with Crippen LogP contribution >= 0.6 is 0 Å². The van der Waals surface area contributed by atoms with Gasteiger partial charge in [0.05, 0.1) is 6.61 Å². The molecule has 1 aliphatic carbocycles. The summed E-state index contributed by atoms with van der Waals surface area (Å²) in [4.78, 5) is 24.1. The van der Waals surface area contributed by atoms with Crippen molar-refractivity contribution in [1.82, 2.24) is 10.2 Å². The molecule has 0 bridgehead atoms. The van der Waals surface area contributed by atoms with Crippen LogP contribution in [-0.4, -0.2) is 52.9 Å². The van der Waals surface area contributed by atoms with Gasteiger partial charge < -0.3 is 20.4 Å². The molecule has 96 valence electrons. The third kappa shape index (κ3) is 2.52. The van der Waals surface area contributed by atoms with Gasteiger partial charge in [0.1, 0.15) is 0 Å². The second-order valence-corrected chi connectivity index (χ2v) is 4.88. The highest BCUT2D eigenvalue weighted by Crippen LogP contribution is 2.37. The highest BCUT2D eigenvalue weighted by molar-refractivity contribution is 5.82. The lowest BCUT2D eigenvalue weighted by Crippen LogP contribution is -2.49. The van der Waals surface area contributed by atoms with Crippen molar-refractivity contribution in [3.63, 3.8) is 0 Å².